The number of rotatable bonds is 4. The molecule has 0 saturated carbocycles. The Balaban J connectivity index is 1.57. The normalized spacial score (nSPS) is 15.0. The van der Waals surface area contributed by atoms with Crippen molar-refractivity contribution in [2.45, 2.75) is 13.1 Å². The predicted molar refractivity (Wildman–Crippen MR) is 106 cm³/mol. The van der Waals surface area contributed by atoms with Crippen molar-refractivity contribution in [1.29, 1.82) is 0 Å². The van der Waals surface area contributed by atoms with Crippen LogP contribution in [0.15, 0.2) is 54.6 Å². The Bertz CT molecular complexity index is 912. The molecule has 1 heterocycles. The van der Waals surface area contributed by atoms with Gasteiger partial charge in [-0.15, -0.1) is 0 Å². The van der Waals surface area contributed by atoms with E-state index in [1.54, 1.807) is 17.0 Å². The molecule has 4 nitrogen and oxygen atoms in total. The van der Waals surface area contributed by atoms with Crippen LogP contribution < -0.4 is 4.90 Å². The highest BCUT2D eigenvalue weighted by molar-refractivity contribution is 5.94. The zero-order chi connectivity index (χ0) is 21.0. The largest absolute Gasteiger partial charge is 0.416 e. The van der Waals surface area contributed by atoms with Crippen molar-refractivity contribution in [1.82, 2.24) is 4.90 Å². The Morgan fingerprint density at radius 3 is 2.21 bits per heavy atom. The molecular formula is C22H21F3N2O2. The zero-order valence-electron chi connectivity index (χ0n) is 15.9. The molecule has 0 atom stereocenters. The number of hydrogen-bond acceptors (Lipinski definition) is 3. The molecule has 0 N–H and O–H groups in total. The van der Waals surface area contributed by atoms with Crippen molar-refractivity contribution < 1.29 is 22.8 Å². The number of carbonyl (C=O) groups is 2. The molecular weight excluding hydrogens is 381 g/mol. The van der Waals surface area contributed by atoms with Gasteiger partial charge in [0.2, 0.25) is 5.91 Å². The highest BCUT2D eigenvalue weighted by Gasteiger charge is 2.30. The SMILES string of the molecule is CC(=O)c1ccc(N2CCN(C(=O)/C=C/c3cccc(C(F)(F)F)c3)CC2)cc1. The van der Waals surface area contributed by atoms with Gasteiger partial charge in [0.15, 0.2) is 5.78 Å². The van der Waals surface area contributed by atoms with Crippen LogP contribution in [0, 0.1) is 0 Å². The lowest BCUT2D eigenvalue weighted by Crippen LogP contribution is -2.48. The lowest BCUT2D eigenvalue weighted by molar-refractivity contribution is -0.137. The minimum Gasteiger partial charge on any atom is -0.368 e. The number of anilines is 1. The average molecular weight is 402 g/mol. The minimum absolute atomic E-state index is 0.0134. The van der Waals surface area contributed by atoms with E-state index in [1.165, 1.54) is 31.2 Å². The average Bonchev–Trinajstić information content (AvgIpc) is 2.72. The minimum atomic E-state index is -4.41. The Morgan fingerprint density at radius 2 is 1.62 bits per heavy atom. The van der Waals surface area contributed by atoms with Gasteiger partial charge in [0.1, 0.15) is 0 Å². The van der Waals surface area contributed by atoms with Crippen LogP contribution in [0.5, 0.6) is 0 Å². The van der Waals surface area contributed by atoms with Crippen LogP contribution >= 0.6 is 0 Å². The number of piperazine rings is 1. The van der Waals surface area contributed by atoms with Crippen LogP contribution in [0.25, 0.3) is 6.08 Å². The molecule has 0 spiro atoms. The number of carbonyl (C=O) groups excluding carboxylic acids is 2. The maximum atomic E-state index is 12.8. The van der Waals surface area contributed by atoms with E-state index >= 15 is 0 Å². The molecule has 2 aromatic rings. The second kappa shape index (κ2) is 8.51. The summed E-state index contributed by atoms with van der Waals surface area (Å²) in [5.74, 6) is -0.214. The number of ketones is 1. The van der Waals surface area contributed by atoms with Crippen molar-refractivity contribution in [2.75, 3.05) is 31.1 Å². The second-order valence-corrected chi connectivity index (χ2v) is 6.87. The van der Waals surface area contributed by atoms with Gasteiger partial charge in [0, 0.05) is 43.5 Å². The lowest BCUT2D eigenvalue weighted by atomic mass is 10.1. The van der Waals surface area contributed by atoms with E-state index in [2.05, 4.69) is 4.90 Å². The highest BCUT2D eigenvalue weighted by atomic mass is 19.4. The molecule has 0 unspecified atom stereocenters. The summed E-state index contributed by atoms with van der Waals surface area (Å²) in [4.78, 5) is 27.5. The smallest absolute Gasteiger partial charge is 0.368 e. The topological polar surface area (TPSA) is 40.6 Å². The van der Waals surface area contributed by atoms with E-state index in [0.29, 0.717) is 37.3 Å². The fraction of sp³-hybridized carbons (Fsp3) is 0.273. The van der Waals surface area contributed by atoms with E-state index in [-0.39, 0.29) is 11.7 Å². The highest BCUT2D eigenvalue weighted by Crippen LogP contribution is 2.29. The summed E-state index contributed by atoms with van der Waals surface area (Å²) in [6.07, 6.45) is -1.69. The number of hydrogen-bond donors (Lipinski definition) is 0. The summed E-state index contributed by atoms with van der Waals surface area (Å²) in [5, 5.41) is 0. The number of benzene rings is 2. The third kappa shape index (κ3) is 5.25. The first-order valence-electron chi connectivity index (χ1n) is 9.24. The molecule has 1 aliphatic heterocycles. The van der Waals surface area contributed by atoms with Gasteiger partial charge in [-0.25, -0.2) is 0 Å². The Kier molecular flexibility index (Phi) is 6.06. The molecule has 0 radical (unpaired) electrons. The summed E-state index contributed by atoms with van der Waals surface area (Å²) in [6.45, 7) is 3.83. The van der Waals surface area contributed by atoms with Crippen LogP contribution in [0.3, 0.4) is 0 Å². The Hall–Kier alpha value is -3.09. The molecule has 2 aromatic carbocycles. The molecule has 152 valence electrons. The summed E-state index contributed by atoms with van der Waals surface area (Å²) >= 11 is 0. The molecule has 29 heavy (non-hydrogen) atoms. The molecule has 0 aliphatic carbocycles. The van der Waals surface area contributed by atoms with E-state index in [4.69, 9.17) is 0 Å². The fourth-order valence-electron chi connectivity index (χ4n) is 3.18. The number of Topliss-reactive ketones (excluding diaryl/α,β-unsaturated/α-hetero) is 1. The quantitative estimate of drug-likeness (QED) is 0.567. The van der Waals surface area contributed by atoms with Crippen LogP contribution in [0.2, 0.25) is 0 Å². The molecule has 0 bridgehead atoms. The molecule has 1 fully saturated rings. The molecule has 1 amide bonds. The number of alkyl halides is 3. The van der Waals surface area contributed by atoms with Gasteiger partial charge in [-0.1, -0.05) is 12.1 Å². The zero-order valence-corrected chi connectivity index (χ0v) is 15.9. The lowest BCUT2D eigenvalue weighted by Gasteiger charge is -2.35. The van der Waals surface area contributed by atoms with Gasteiger partial charge in [0.25, 0.3) is 0 Å². The summed E-state index contributed by atoms with van der Waals surface area (Å²) < 4.78 is 38.3. The van der Waals surface area contributed by atoms with Gasteiger partial charge in [0.05, 0.1) is 5.56 Å². The summed E-state index contributed by atoms with van der Waals surface area (Å²) in [6, 6.07) is 12.2. The van der Waals surface area contributed by atoms with Crippen molar-refractivity contribution in [3.63, 3.8) is 0 Å². The van der Waals surface area contributed by atoms with Gasteiger partial charge in [-0.05, 0) is 55.0 Å². The summed E-state index contributed by atoms with van der Waals surface area (Å²) in [7, 11) is 0. The predicted octanol–water partition coefficient (Wildman–Crippen LogP) is 4.27. The molecule has 0 aromatic heterocycles. The third-order valence-electron chi connectivity index (χ3n) is 4.86. The standard InChI is InChI=1S/C22H21F3N2O2/c1-16(28)18-6-8-20(9-7-18)26-11-13-27(14-12-26)21(29)10-5-17-3-2-4-19(15-17)22(23,24)25/h2-10,15H,11-14H2,1H3/b10-5+. The molecule has 7 heteroatoms. The first-order valence-corrected chi connectivity index (χ1v) is 9.24. The molecule has 3 rings (SSSR count). The maximum absolute atomic E-state index is 12.8. The van der Waals surface area contributed by atoms with Crippen LogP contribution in [-0.2, 0) is 11.0 Å². The molecule has 1 saturated heterocycles. The Morgan fingerprint density at radius 1 is 0.966 bits per heavy atom. The van der Waals surface area contributed by atoms with Crippen LogP contribution in [-0.4, -0.2) is 42.8 Å². The van der Waals surface area contributed by atoms with Gasteiger partial charge in [-0.2, -0.15) is 13.2 Å². The maximum Gasteiger partial charge on any atom is 0.416 e. The molecule has 1 aliphatic rings. The van der Waals surface area contributed by atoms with Crippen molar-refractivity contribution in [3.05, 3.63) is 71.3 Å². The van der Waals surface area contributed by atoms with Crippen LogP contribution in [0.4, 0.5) is 18.9 Å². The van der Waals surface area contributed by atoms with Crippen molar-refractivity contribution in [3.8, 4) is 0 Å². The van der Waals surface area contributed by atoms with E-state index in [1.807, 2.05) is 12.1 Å². The van der Waals surface area contributed by atoms with Gasteiger partial charge >= 0.3 is 6.18 Å². The van der Waals surface area contributed by atoms with E-state index in [9.17, 15) is 22.8 Å². The van der Waals surface area contributed by atoms with Crippen molar-refractivity contribution >= 4 is 23.5 Å². The van der Waals surface area contributed by atoms with Gasteiger partial charge in [-0.3, -0.25) is 9.59 Å². The number of amides is 1. The first-order chi connectivity index (χ1) is 13.7. The fourth-order valence-corrected chi connectivity index (χ4v) is 3.18. The van der Waals surface area contributed by atoms with Crippen LogP contribution in [0.1, 0.15) is 28.4 Å². The van der Waals surface area contributed by atoms with E-state index < -0.39 is 11.7 Å². The second-order valence-electron chi connectivity index (χ2n) is 6.87. The monoisotopic (exact) mass is 402 g/mol. The van der Waals surface area contributed by atoms with Crippen molar-refractivity contribution in [2.24, 2.45) is 0 Å². The Labute approximate surface area is 167 Å². The first kappa shape index (κ1) is 20.6. The summed E-state index contributed by atoms with van der Waals surface area (Å²) in [5.41, 5.74) is 1.23. The number of halogens is 3. The van der Waals surface area contributed by atoms with E-state index in [0.717, 1.165) is 17.8 Å². The van der Waals surface area contributed by atoms with Gasteiger partial charge < -0.3 is 9.80 Å². The number of nitrogens with zero attached hydrogens (tertiary/aromatic N) is 2. The third-order valence-corrected chi connectivity index (χ3v) is 4.86.